The lowest BCUT2D eigenvalue weighted by molar-refractivity contribution is 0.528. The maximum absolute atomic E-state index is 13.0. The summed E-state index contributed by atoms with van der Waals surface area (Å²) in [6.45, 7) is 0. The molecule has 0 bridgehead atoms. The lowest BCUT2D eigenvalue weighted by atomic mass is 10.00. The predicted molar refractivity (Wildman–Crippen MR) is 117 cm³/mol. The summed E-state index contributed by atoms with van der Waals surface area (Å²) in [6.07, 6.45) is 2.20. The highest BCUT2D eigenvalue weighted by molar-refractivity contribution is 7.90. The molecule has 0 radical (unpaired) electrons. The number of rotatable bonds is 9. The molecule has 0 heterocycles. The van der Waals surface area contributed by atoms with E-state index >= 15 is 0 Å². The summed E-state index contributed by atoms with van der Waals surface area (Å²) in [4.78, 5) is -0.385. The zero-order chi connectivity index (χ0) is 21.6. The van der Waals surface area contributed by atoms with Gasteiger partial charge in [-0.3, -0.25) is 0 Å². The maximum Gasteiger partial charge on any atom is 0.241 e. The zero-order valence-electron chi connectivity index (χ0n) is 16.3. The molecule has 30 heavy (non-hydrogen) atoms. The summed E-state index contributed by atoms with van der Waals surface area (Å²) in [5.41, 5.74) is 2.03. The number of nitrogens with two attached hydrogens (primary N) is 1. The topological polar surface area (TPSA) is 106 Å². The van der Waals surface area contributed by atoms with Gasteiger partial charge in [0.25, 0.3) is 0 Å². The molecule has 1 atom stereocenters. The molecule has 0 saturated carbocycles. The molecule has 3 rings (SSSR count). The van der Waals surface area contributed by atoms with Crippen LogP contribution in [0.15, 0.2) is 94.7 Å². The van der Waals surface area contributed by atoms with Gasteiger partial charge in [-0.1, -0.05) is 66.7 Å². The summed E-state index contributed by atoms with van der Waals surface area (Å²) < 4.78 is 51.9. The van der Waals surface area contributed by atoms with E-state index in [0.717, 1.165) is 24.5 Å². The van der Waals surface area contributed by atoms with E-state index in [0.29, 0.717) is 6.42 Å². The molecule has 3 aromatic carbocycles. The number of hydrogen-bond donors (Lipinski definition) is 2. The minimum absolute atomic E-state index is 0.141. The third-order valence-corrected chi connectivity index (χ3v) is 7.13. The van der Waals surface area contributed by atoms with Crippen molar-refractivity contribution in [3.8, 4) is 0 Å². The maximum atomic E-state index is 13.0. The van der Waals surface area contributed by atoms with Crippen molar-refractivity contribution in [3.05, 3.63) is 96.1 Å². The van der Waals surface area contributed by atoms with Gasteiger partial charge in [0.1, 0.15) is 0 Å². The van der Waals surface area contributed by atoms with Crippen LogP contribution in [0.25, 0.3) is 0 Å². The highest BCUT2D eigenvalue weighted by Gasteiger charge is 2.22. The molecule has 3 N–H and O–H groups in total. The zero-order valence-corrected chi connectivity index (χ0v) is 17.9. The SMILES string of the molecule is NS(=O)(=O)c1cccc(S(=O)(=O)NC(CCCc2ccccc2)c2ccccc2)c1. The third kappa shape index (κ3) is 5.99. The molecular weight excluding hydrogens is 420 g/mol. The number of sulfonamides is 2. The van der Waals surface area contributed by atoms with Crippen LogP contribution in [0.3, 0.4) is 0 Å². The Morgan fingerprint density at radius 1 is 0.767 bits per heavy atom. The summed E-state index contributed by atoms with van der Waals surface area (Å²) in [6, 6.07) is 23.9. The number of primary sulfonamides is 1. The number of benzene rings is 3. The van der Waals surface area contributed by atoms with E-state index < -0.39 is 26.1 Å². The third-order valence-electron chi connectivity index (χ3n) is 4.74. The van der Waals surface area contributed by atoms with Crippen LogP contribution in [0.5, 0.6) is 0 Å². The first kappa shape index (κ1) is 22.2. The molecule has 0 saturated heterocycles. The Labute approximate surface area is 177 Å². The summed E-state index contributed by atoms with van der Waals surface area (Å²) >= 11 is 0. The Kier molecular flexibility index (Phi) is 7.04. The number of nitrogens with one attached hydrogen (secondary N) is 1. The van der Waals surface area contributed by atoms with Gasteiger partial charge >= 0.3 is 0 Å². The van der Waals surface area contributed by atoms with E-state index in [-0.39, 0.29) is 9.79 Å². The minimum Gasteiger partial charge on any atom is -0.225 e. The fraction of sp³-hybridized carbons (Fsp3) is 0.182. The Morgan fingerprint density at radius 3 is 2.00 bits per heavy atom. The lowest BCUT2D eigenvalue weighted by Gasteiger charge is -2.19. The Hall–Kier alpha value is -2.52. The van der Waals surface area contributed by atoms with Crippen LogP contribution in [0, 0.1) is 0 Å². The Morgan fingerprint density at radius 2 is 1.37 bits per heavy atom. The highest BCUT2D eigenvalue weighted by atomic mass is 32.2. The van der Waals surface area contributed by atoms with Crippen LogP contribution >= 0.6 is 0 Å². The van der Waals surface area contributed by atoms with Gasteiger partial charge < -0.3 is 0 Å². The molecule has 0 amide bonds. The molecule has 8 heteroatoms. The van der Waals surface area contributed by atoms with E-state index in [2.05, 4.69) is 4.72 Å². The molecule has 3 aromatic rings. The Bertz CT molecular complexity index is 1180. The van der Waals surface area contributed by atoms with Crippen LogP contribution in [-0.4, -0.2) is 16.8 Å². The molecular formula is C22H24N2O4S2. The fourth-order valence-corrected chi connectivity index (χ4v) is 5.15. The first-order valence-corrected chi connectivity index (χ1v) is 12.5. The van der Waals surface area contributed by atoms with E-state index in [1.165, 1.54) is 23.8 Å². The van der Waals surface area contributed by atoms with Gasteiger partial charge in [-0.2, -0.15) is 0 Å². The van der Waals surface area contributed by atoms with Gasteiger partial charge in [0.2, 0.25) is 20.0 Å². The van der Waals surface area contributed by atoms with Gasteiger partial charge in [-0.25, -0.2) is 26.7 Å². The van der Waals surface area contributed by atoms with E-state index in [9.17, 15) is 16.8 Å². The molecule has 158 valence electrons. The van der Waals surface area contributed by atoms with Crippen molar-refractivity contribution < 1.29 is 16.8 Å². The molecule has 0 aliphatic rings. The molecule has 0 fully saturated rings. The van der Waals surface area contributed by atoms with Crippen molar-refractivity contribution in [3.63, 3.8) is 0 Å². The number of aryl methyl sites for hydroxylation is 1. The van der Waals surface area contributed by atoms with E-state index in [1.54, 1.807) is 0 Å². The van der Waals surface area contributed by atoms with Crippen LogP contribution in [0.2, 0.25) is 0 Å². The average Bonchev–Trinajstić information content (AvgIpc) is 2.74. The van der Waals surface area contributed by atoms with Gasteiger partial charge in [0.05, 0.1) is 9.79 Å². The second-order valence-electron chi connectivity index (χ2n) is 6.98. The molecule has 6 nitrogen and oxygen atoms in total. The monoisotopic (exact) mass is 444 g/mol. The predicted octanol–water partition coefficient (Wildman–Crippen LogP) is 3.38. The van der Waals surface area contributed by atoms with Gasteiger partial charge in [-0.05, 0) is 48.6 Å². The van der Waals surface area contributed by atoms with Crippen LogP contribution < -0.4 is 9.86 Å². The molecule has 1 unspecified atom stereocenters. The van der Waals surface area contributed by atoms with Gasteiger partial charge in [-0.15, -0.1) is 0 Å². The van der Waals surface area contributed by atoms with Crippen molar-refractivity contribution >= 4 is 20.0 Å². The van der Waals surface area contributed by atoms with Gasteiger partial charge in [0, 0.05) is 6.04 Å². The van der Waals surface area contributed by atoms with Crippen molar-refractivity contribution in [2.45, 2.75) is 35.1 Å². The van der Waals surface area contributed by atoms with Crippen LogP contribution in [-0.2, 0) is 26.5 Å². The minimum atomic E-state index is -4.00. The van der Waals surface area contributed by atoms with Crippen molar-refractivity contribution in [1.29, 1.82) is 0 Å². The summed E-state index contributed by atoms with van der Waals surface area (Å²) in [5.74, 6) is 0. The first-order valence-electron chi connectivity index (χ1n) is 9.50. The Balaban J connectivity index is 1.81. The summed E-state index contributed by atoms with van der Waals surface area (Å²) in [7, 11) is -7.96. The van der Waals surface area contributed by atoms with Crippen LogP contribution in [0.1, 0.15) is 30.0 Å². The van der Waals surface area contributed by atoms with Crippen molar-refractivity contribution in [1.82, 2.24) is 4.72 Å². The first-order chi connectivity index (χ1) is 14.3. The largest absolute Gasteiger partial charge is 0.241 e. The second-order valence-corrected chi connectivity index (χ2v) is 10.3. The summed E-state index contributed by atoms with van der Waals surface area (Å²) in [5, 5.41) is 5.14. The van der Waals surface area contributed by atoms with E-state index in [4.69, 9.17) is 5.14 Å². The lowest BCUT2D eigenvalue weighted by Crippen LogP contribution is -2.29. The van der Waals surface area contributed by atoms with Gasteiger partial charge in [0.15, 0.2) is 0 Å². The van der Waals surface area contributed by atoms with Crippen LogP contribution in [0.4, 0.5) is 0 Å². The van der Waals surface area contributed by atoms with Crippen molar-refractivity contribution in [2.24, 2.45) is 5.14 Å². The molecule has 0 aliphatic heterocycles. The quantitative estimate of drug-likeness (QED) is 0.528. The van der Waals surface area contributed by atoms with E-state index in [1.807, 2.05) is 60.7 Å². The molecule has 0 aliphatic carbocycles. The standard InChI is InChI=1S/C22H24N2O4S2/c23-29(25,26)20-14-8-15-21(17-20)30(27,28)24-22(19-12-5-2-6-13-19)16-7-11-18-9-3-1-4-10-18/h1-6,8-10,12-15,17,22,24H,7,11,16H2,(H2,23,25,26). The normalized spacial score (nSPS) is 13.1. The molecule has 0 spiro atoms. The van der Waals surface area contributed by atoms with Crippen molar-refractivity contribution in [2.75, 3.05) is 0 Å². The second kappa shape index (κ2) is 9.53. The smallest absolute Gasteiger partial charge is 0.225 e. The fourth-order valence-electron chi connectivity index (χ4n) is 3.21. The number of hydrogen-bond acceptors (Lipinski definition) is 4. The molecule has 0 aromatic heterocycles. The average molecular weight is 445 g/mol. The highest BCUT2D eigenvalue weighted by Crippen LogP contribution is 2.23.